The van der Waals surface area contributed by atoms with Gasteiger partial charge in [0.1, 0.15) is 34.5 Å². The van der Waals surface area contributed by atoms with E-state index in [1.54, 1.807) is 14.2 Å². The minimum atomic E-state index is -0.251. The number of rotatable bonds is 4. The Labute approximate surface area is 419 Å². The molecule has 0 saturated carbocycles. The number of benzene rings is 9. The van der Waals surface area contributed by atoms with Gasteiger partial charge in [-0.05, 0) is 127 Å². The third-order valence-electron chi connectivity index (χ3n) is 16.3. The zero-order chi connectivity index (χ0) is 48.7. The number of hydrogen-bond donors (Lipinski definition) is 0. The van der Waals surface area contributed by atoms with Gasteiger partial charge >= 0.3 is 0 Å². The van der Waals surface area contributed by atoms with Crippen molar-refractivity contribution in [3.05, 3.63) is 169 Å². The molecule has 0 bridgehead atoms. The predicted octanol–water partition coefficient (Wildman–Crippen LogP) is 11.7. The van der Waals surface area contributed by atoms with Crippen LogP contribution in [0, 0.1) is 0 Å². The Morgan fingerprint density at radius 1 is 0.403 bits per heavy atom. The molecule has 9 aromatic carbocycles. The maximum absolute atomic E-state index is 7.74. The number of methoxy groups -OCH3 is 2. The van der Waals surface area contributed by atoms with E-state index >= 15 is 0 Å². The van der Waals surface area contributed by atoms with E-state index in [0.717, 1.165) is 117 Å². The van der Waals surface area contributed by atoms with Gasteiger partial charge in [0.05, 0.1) is 36.6 Å². The second-order valence-electron chi connectivity index (χ2n) is 22.4. The first-order valence-corrected chi connectivity index (χ1v) is 25.2. The molecule has 8 heteroatoms. The van der Waals surface area contributed by atoms with E-state index in [0.29, 0.717) is 0 Å². The van der Waals surface area contributed by atoms with Crippen LogP contribution in [0.25, 0.3) is 77.2 Å². The molecule has 0 atom stereocenters. The second kappa shape index (κ2) is 14.3. The van der Waals surface area contributed by atoms with Crippen molar-refractivity contribution in [2.75, 3.05) is 14.2 Å². The minimum absolute atomic E-state index is 0.0581. The topological polar surface area (TPSA) is 46.8 Å². The highest BCUT2D eigenvalue weighted by Crippen LogP contribution is 2.50. The number of fused-ring (bicyclic) bond motifs is 16. The molecule has 6 heterocycles. The standard InChI is InChI=1S/C64H50B2N2O4/c1-63(2,3)39-21-23-51-43(29-39)45-30-40(64(4,5)6)31-49-57(45)67(51)59-55-61(71-53-25-19-37(27-47(53)65(49)55)35-15-11-9-12-16-35)60-56-62(59)72-54-26-20-38(36-17-13-10-14-18-36)28-48(54)66(56)50-34-42(70-8)33-46-44-32-41(69-7)22-24-52(44)68(60)58(46)50/h9-34H,1-8H3. The van der Waals surface area contributed by atoms with E-state index in [9.17, 15) is 0 Å². The van der Waals surface area contributed by atoms with E-state index < -0.39 is 0 Å². The summed E-state index contributed by atoms with van der Waals surface area (Å²) in [6.07, 6.45) is 0. The summed E-state index contributed by atoms with van der Waals surface area (Å²) in [6.45, 7) is 13.5. The Morgan fingerprint density at radius 2 is 0.875 bits per heavy atom. The number of nitrogens with zero attached hydrogens (tertiary/aromatic N) is 2. The number of hydrogen-bond acceptors (Lipinski definition) is 4. The lowest BCUT2D eigenvalue weighted by Crippen LogP contribution is -2.63. The number of aromatic nitrogens is 2. The second-order valence-corrected chi connectivity index (χ2v) is 22.4. The largest absolute Gasteiger partial charge is 0.497 e. The summed E-state index contributed by atoms with van der Waals surface area (Å²) in [5.41, 5.74) is 20.5. The van der Waals surface area contributed by atoms with Crippen molar-refractivity contribution < 1.29 is 18.9 Å². The van der Waals surface area contributed by atoms with Crippen molar-refractivity contribution in [2.45, 2.75) is 52.4 Å². The molecular formula is C64H50B2N2O4. The fourth-order valence-electron chi connectivity index (χ4n) is 12.8. The van der Waals surface area contributed by atoms with Crippen LogP contribution in [-0.4, -0.2) is 36.8 Å². The summed E-state index contributed by atoms with van der Waals surface area (Å²) in [6, 6.07) is 58.0. The van der Waals surface area contributed by atoms with E-state index in [1.807, 2.05) is 0 Å². The van der Waals surface area contributed by atoms with Gasteiger partial charge < -0.3 is 28.1 Å². The molecule has 0 spiro atoms. The van der Waals surface area contributed by atoms with Crippen LogP contribution in [0.1, 0.15) is 52.7 Å². The van der Waals surface area contributed by atoms with Gasteiger partial charge in [0.25, 0.3) is 13.4 Å². The van der Waals surface area contributed by atoms with E-state index in [2.05, 4.69) is 208 Å². The summed E-state index contributed by atoms with van der Waals surface area (Å²) >= 11 is 0. The first-order chi connectivity index (χ1) is 34.9. The highest BCUT2D eigenvalue weighted by molar-refractivity contribution is 7.02. The third-order valence-corrected chi connectivity index (χ3v) is 16.3. The van der Waals surface area contributed by atoms with Gasteiger partial charge in [0.2, 0.25) is 0 Å². The van der Waals surface area contributed by atoms with Crippen molar-refractivity contribution >= 4 is 89.8 Å². The third kappa shape index (κ3) is 5.52. The molecule has 0 radical (unpaired) electrons. The average Bonchev–Trinajstić information content (AvgIpc) is 3.91. The van der Waals surface area contributed by atoms with Crippen LogP contribution in [0.5, 0.6) is 34.5 Å². The lowest BCUT2D eigenvalue weighted by molar-refractivity contribution is 0.415. The molecule has 346 valence electrons. The smallest absolute Gasteiger partial charge is 0.256 e. The molecule has 0 amide bonds. The molecule has 11 aromatic rings. The summed E-state index contributed by atoms with van der Waals surface area (Å²) in [4.78, 5) is 0. The summed E-state index contributed by atoms with van der Waals surface area (Å²) in [7, 11) is 3.51. The molecule has 0 unspecified atom stereocenters. The lowest BCUT2D eigenvalue weighted by Gasteiger charge is -2.41. The van der Waals surface area contributed by atoms with Crippen molar-refractivity contribution in [3.63, 3.8) is 0 Å². The van der Waals surface area contributed by atoms with Crippen LogP contribution in [0.3, 0.4) is 0 Å². The highest BCUT2D eigenvalue weighted by Gasteiger charge is 2.51. The Hall–Kier alpha value is -8.09. The van der Waals surface area contributed by atoms with Crippen LogP contribution >= 0.6 is 0 Å². The zero-order valence-corrected chi connectivity index (χ0v) is 41.7. The Morgan fingerprint density at radius 3 is 1.40 bits per heavy atom. The average molecular weight is 933 g/mol. The van der Waals surface area contributed by atoms with Crippen LogP contribution in [-0.2, 0) is 10.8 Å². The van der Waals surface area contributed by atoms with Gasteiger partial charge in [-0.25, -0.2) is 0 Å². The Kier molecular flexibility index (Phi) is 8.27. The van der Waals surface area contributed by atoms with Gasteiger partial charge in [0, 0.05) is 43.5 Å². The molecule has 0 aliphatic carbocycles. The molecule has 0 fully saturated rings. The van der Waals surface area contributed by atoms with E-state index in [1.165, 1.54) is 38.4 Å². The normalized spacial score (nSPS) is 13.7. The molecule has 6 nitrogen and oxygen atoms in total. The van der Waals surface area contributed by atoms with Crippen LogP contribution in [0.15, 0.2) is 158 Å². The molecule has 4 aliphatic heterocycles. The quantitative estimate of drug-likeness (QED) is 0.165. The Bertz CT molecular complexity index is 4210. The first-order valence-electron chi connectivity index (χ1n) is 25.2. The predicted molar refractivity (Wildman–Crippen MR) is 299 cm³/mol. The van der Waals surface area contributed by atoms with E-state index in [-0.39, 0.29) is 24.3 Å². The monoisotopic (exact) mass is 932 g/mol. The van der Waals surface area contributed by atoms with Crippen LogP contribution in [0.4, 0.5) is 0 Å². The summed E-state index contributed by atoms with van der Waals surface area (Å²) in [5.74, 6) is 5.00. The SMILES string of the molecule is COc1ccc2c(c1)c1cc(OC)cc3c1n2-c1c2c4c(c5c1B3c1cc(-c3ccccc3)ccc1O5)-n1c3ccc(C(C)(C)C)cc3c3cc(C(C)(C)C)cc(c31)B4c1cc(-c3ccccc3)ccc1O2. The van der Waals surface area contributed by atoms with Crippen molar-refractivity contribution in [1.29, 1.82) is 0 Å². The molecule has 15 rings (SSSR count). The number of ether oxygens (including phenoxy) is 4. The highest BCUT2D eigenvalue weighted by atomic mass is 16.5. The summed E-state index contributed by atoms with van der Waals surface area (Å²) < 4.78 is 32.7. The molecule has 4 aliphatic rings. The van der Waals surface area contributed by atoms with Gasteiger partial charge in [-0.15, -0.1) is 0 Å². The molecular weight excluding hydrogens is 882 g/mol. The fraction of sp³-hybridized carbons (Fsp3) is 0.156. The van der Waals surface area contributed by atoms with Gasteiger partial charge in [-0.3, -0.25) is 0 Å². The van der Waals surface area contributed by atoms with Crippen molar-refractivity contribution in [2.24, 2.45) is 0 Å². The zero-order valence-electron chi connectivity index (χ0n) is 41.7. The maximum atomic E-state index is 7.74. The van der Waals surface area contributed by atoms with Gasteiger partial charge in [-0.2, -0.15) is 0 Å². The molecule has 2 aromatic heterocycles. The maximum Gasteiger partial charge on any atom is 0.256 e. The van der Waals surface area contributed by atoms with Crippen molar-refractivity contribution in [1.82, 2.24) is 9.13 Å². The van der Waals surface area contributed by atoms with E-state index in [4.69, 9.17) is 18.9 Å². The molecule has 0 N–H and O–H groups in total. The summed E-state index contributed by atoms with van der Waals surface area (Å²) in [5, 5.41) is 4.67. The Balaban J connectivity index is 1.16. The van der Waals surface area contributed by atoms with Crippen LogP contribution < -0.4 is 51.7 Å². The van der Waals surface area contributed by atoms with Gasteiger partial charge in [0.15, 0.2) is 0 Å². The minimum Gasteiger partial charge on any atom is -0.497 e. The van der Waals surface area contributed by atoms with Crippen LogP contribution in [0.2, 0.25) is 0 Å². The van der Waals surface area contributed by atoms with Gasteiger partial charge in [-0.1, -0.05) is 139 Å². The first kappa shape index (κ1) is 41.7. The fourth-order valence-corrected chi connectivity index (χ4v) is 12.8. The molecule has 72 heavy (non-hydrogen) atoms. The van der Waals surface area contributed by atoms with Crippen molar-refractivity contribution in [3.8, 4) is 68.1 Å². The molecule has 0 saturated heterocycles. The lowest BCUT2D eigenvalue weighted by atomic mass is 9.31.